The lowest BCUT2D eigenvalue weighted by molar-refractivity contribution is -0.142. The Bertz CT molecular complexity index is 1420. The fourth-order valence-corrected chi connectivity index (χ4v) is 6.65. The number of hydrogen-bond donors (Lipinski definition) is 2. The number of amidine groups is 1. The topological polar surface area (TPSA) is 178 Å². The Kier molecular flexibility index (Phi) is 10.9. The molecular weight excluding hydrogens is 580 g/mol. The van der Waals surface area contributed by atoms with E-state index in [1.807, 2.05) is 13.8 Å². The summed E-state index contributed by atoms with van der Waals surface area (Å²) >= 11 is 0. The lowest BCUT2D eigenvalue weighted by Crippen LogP contribution is -2.52. The van der Waals surface area contributed by atoms with E-state index in [2.05, 4.69) is 10.3 Å². The van der Waals surface area contributed by atoms with Gasteiger partial charge < -0.3 is 19.7 Å². The molecule has 0 spiro atoms. The maximum Gasteiger partial charge on any atom is 0.326 e. The molecule has 1 atom stereocenters. The first kappa shape index (κ1) is 32.0. The second-order valence-corrected chi connectivity index (χ2v) is 11.5. The molecule has 0 aromatic heterocycles. The maximum atomic E-state index is 13.6. The van der Waals surface area contributed by atoms with Gasteiger partial charge in [0.25, 0.3) is 32.8 Å². The Morgan fingerprint density at radius 3 is 2.41 bits per heavy atom. The number of amides is 2. The number of sulfonamides is 1. The minimum atomic E-state index is -4.37. The number of hydrogen-bond acceptors (Lipinski definition) is 11. The molecule has 2 aliphatic rings. The van der Waals surface area contributed by atoms with Crippen molar-refractivity contribution in [1.82, 2.24) is 9.21 Å². The standard InChI is InChI=1S/C25H34N4O10S2/c1-5-28(6-2)25(32)16-12-13-19(37-4)18(14-16)27-24(31)22(39-40(33)34)23-26-17-10-8-9-11-20(17)41(35,36)29(23)15-21(30)38-7-3/h12-14,22,40H,5-11,15H2,1-4H3,(H,27,31). The van der Waals surface area contributed by atoms with Gasteiger partial charge in [-0.15, -0.1) is 0 Å². The zero-order chi connectivity index (χ0) is 30.3. The molecule has 0 bridgehead atoms. The second kappa shape index (κ2) is 13.9. The van der Waals surface area contributed by atoms with Crippen molar-refractivity contribution in [3.63, 3.8) is 0 Å². The first-order chi connectivity index (χ1) is 19.5. The Labute approximate surface area is 240 Å². The van der Waals surface area contributed by atoms with Gasteiger partial charge in [0, 0.05) is 18.7 Å². The number of benzene rings is 1. The van der Waals surface area contributed by atoms with Gasteiger partial charge in [0.15, 0.2) is 5.84 Å². The highest BCUT2D eigenvalue weighted by Crippen LogP contribution is 2.36. The summed E-state index contributed by atoms with van der Waals surface area (Å²) in [5, 5.41) is 2.47. The molecular formula is C25H34N4O10S2. The Hall–Kier alpha value is -3.50. The Morgan fingerprint density at radius 2 is 1.80 bits per heavy atom. The van der Waals surface area contributed by atoms with Crippen molar-refractivity contribution >= 4 is 50.3 Å². The van der Waals surface area contributed by atoms with Gasteiger partial charge in [-0.05, 0) is 64.7 Å². The predicted octanol–water partition coefficient (Wildman–Crippen LogP) is 1.42. The molecule has 1 aliphatic carbocycles. The van der Waals surface area contributed by atoms with Crippen molar-refractivity contribution in [2.24, 2.45) is 4.99 Å². The number of carbonyl (C=O) groups is 3. The molecule has 41 heavy (non-hydrogen) atoms. The lowest BCUT2D eigenvalue weighted by atomic mass is 10.0. The number of thiol groups is 1. The molecule has 1 heterocycles. The van der Waals surface area contributed by atoms with Crippen LogP contribution in [0.4, 0.5) is 5.69 Å². The number of nitrogens with one attached hydrogen (secondary N) is 1. The largest absolute Gasteiger partial charge is 0.495 e. The van der Waals surface area contributed by atoms with Gasteiger partial charge in [0.05, 0.1) is 30.0 Å². The van der Waals surface area contributed by atoms with Gasteiger partial charge >= 0.3 is 5.97 Å². The minimum absolute atomic E-state index is 0.000915. The third-order valence-electron chi connectivity index (χ3n) is 6.49. The molecule has 226 valence electrons. The summed E-state index contributed by atoms with van der Waals surface area (Å²) in [4.78, 5) is 44.8. The molecule has 14 nitrogen and oxygen atoms in total. The van der Waals surface area contributed by atoms with Crippen LogP contribution >= 0.6 is 0 Å². The summed E-state index contributed by atoms with van der Waals surface area (Å²) in [7, 11) is -6.74. The average Bonchev–Trinajstić information content (AvgIpc) is 2.94. The van der Waals surface area contributed by atoms with E-state index < -0.39 is 51.4 Å². The van der Waals surface area contributed by atoms with Crippen LogP contribution in [-0.4, -0.2) is 89.1 Å². The number of allylic oxidation sites excluding steroid dienone is 2. The molecule has 0 fully saturated rings. The molecule has 16 heteroatoms. The number of rotatable bonds is 12. The highest BCUT2D eigenvalue weighted by molar-refractivity contribution is 7.93. The Morgan fingerprint density at radius 1 is 1.12 bits per heavy atom. The fraction of sp³-hybridized carbons (Fsp3) is 0.520. The minimum Gasteiger partial charge on any atom is -0.495 e. The second-order valence-electron chi connectivity index (χ2n) is 8.95. The van der Waals surface area contributed by atoms with Crippen molar-refractivity contribution in [3.05, 3.63) is 34.4 Å². The number of methoxy groups -OCH3 is 1. The van der Waals surface area contributed by atoms with E-state index in [1.54, 1.807) is 4.90 Å². The van der Waals surface area contributed by atoms with Crippen LogP contribution in [-0.2, 0) is 39.5 Å². The first-order valence-corrected chi connectivity index (χ1v) is 15.6. The summed E-state index contributed by atoms with van der Waals surface area (Å²) in [6.07, 6.45) is -0.465. The maximum absolute atomic E-state index is 13.6. The van der Waals surface area contributed by atoms with Crippen molar-refractivity contribution in [2.45, 2.75) is 52.6 Å². The van der Waals surface area contributed by atoms with Crippen LogP contribution in [0, 0.1) is 0 Å². The van der Waals surface area contributed by atoms with Crippen LogP contribution in [0.1, 0.15) is 56.8 Å². The molecule has 3 rings (SSSR count). The monoisotopic (exact) mass is 614 g/mol. The summed E-state index contributed by atoms with van der Waals surface area (Å²) in [6, 6.07) is 4.31. The number of esters is 1. The van der Waals surface area contributed by atoms with Crippen LogP contribution in [0.2, 0.25) is 0 Å². The van der Waals surface area contributed by atoms with Crippen LogP contribution in [0.25, 0.3) is 0 Å². The highest BCUT2D eigenvalue weighted by Gasteiger charge is 2.44. The van der Waals surface area contributed by atoms with Gasteiger partial charge in [-0.3, -0.25) is 18.6 Å². The number of ether oxygens (including phenoxy) is 2. The smallest absolute Gasteiger partial charge is 0.326 e. The summed E-state index contributed by atoms with van der Waals surface area (Å²) in [5.41, 5.74) is 0.382. The fourth-order valence-electron chi connectivity index (χ4n) is 4.52. The quantitative estimate of drug-likeness (QED) is 0.258. The van der Waals surface area contributed by atoms with E-state index in [0.717, 1.165) is 0 Å². The van der Waals surface area contributed by atoms with Crippen molar-refractivity contribution < 1.29 is 44.9 Å². The number of nitrogens with zero attached hydrogens (tertiary/aromatic N) is 3. The zero-order valence-electron chi connectivity index (χ0n) is 23.2. The van der Waals surface area contributed by atoms with Gasteiger partial charge in [-0.1, -0.05) is 0 Å². The average molecular weight is 615 g/mol. The molecule has 0 saturated carbocycles. The van der Waals surface area contributed by atoms with Crippen molar-refractivity contribution in [1.29, 1.82) is 0 Å². The van der Waals surface area contributed by atoms with Gasteiger partial charge in [-0.2, -0.15) is 0 Å². The van der Waals surface area contributed by atoms with Gasteiger partial charge in [0.2, 0.25) is 6.10 Å². The third-order valence-corrected chi connectivity index (χ3v) is 8.83. The molecule has 1 aromatic carbocycles. The normalized spacial score (nSPS) is 16.9. The van der Waals surface area contributed by atoms with E-state index in [-0.39, 0.29) is 53.0 Å². The van der Waals surface area contributed by atoms with E-state index in [0.29, 0.717) is 30.2 Å². The van der Waals surface area contributed by atoms with Crippen LogP contribution in [0.5, 0.6) is 5.75 Å². The van der Waals surface area contributed by atoms with Crippen LogP contribution in [0.15, 0.2) is 33.8 Å². The molecule has 2 amide bonds. The predicted molar refractivity (Wildman–Crippen MR) is 149 cm³/mol. The third kappa shape index (κ3) is 7.23. The molecule has 1 aliphatic heterocycles. The molecule has 1 unspecified atom stereocenters. The highest BCUT2D eigenvalue weighted by atomic mass is 32.2. The van der Waals surface area contributed by atoms with Crippen molar-refractivity contribution in [2.75, 3.05) is 38.7 Å². The number of anilines is 1. The molecule has 0 saturated heterocycles. The van der Waals surface area contributed by atoms with Crippen LogP contribution in [0.3, 0.4) is 0 Å². The van der Waals surface area contributed by atoms with E-state index >= 15 is 0 Å². The number of aliphatic imine (C=N–C) groups is 1. The van der Waals surface area contributed by atoms with Crippen molar-refractivity contribution in [3.8, 4) is 5.75 Å². The summed E-state index contributed by atoms with van der Waals surface area (Å²) in [6.45, 7) is 5.15. The summed E-state index contributed by atoms with van der Waals surface area (Å²) < 4.78 is 66.3. The lowest BCUT2D eigenvalue weighted by Gasteiger charge is -2.34. The van der Waals surface area contributed by atoms with Gasteiger partial charge in [0.1, 0.15) is 12.3 Å². The molecule has 1 aromatic rings. The molecule has 0 radical (unpaired) electrons. The van der Waals surface area contributed by atoms with E-state index in [4.69, 9.17) is 13.7 Å². The van der Waals surface area contributed by atoms with Crippen LogP contribution < -0.4 is 10.1 Å². The Balaban J connectivity index is 2.08. The van der Waals surface area contributed by atoms with E-state index in [9.17, 15) is 31.2 Å². The summed E-state index contributed by atoms with van der Waals surface area (Å²) in [5.74, 6) is -2.84. The zero-order valence-corrected chi connectivity index (χ0v) is 25.0. The first-order valence-electron chi connectivity index (χ1n) is 13.1. The SMILES string of the molecule is CCOC(=O)CN1C(C(O[SH](=O)=O)C(=O)Nc2cc(C(=O)N(CC)CC)ccc2OC)=NC2=C(CCCC2)S1(=O)=O. The number of carbonyl (C=O) groups excluding carboxylic acids is 3. The van der Waals surface area contributed by atoms with Gasteiger partial charge in [-0.25, -0.2) is 26.1 Å². The molecule has 1 N–H and O–H groups in total. The van der Waals surface area contributed by atoms with E-state index in [1.165, 1.54) is 32.2 Å².